The number of nitrogens with one attached hydrogen (secondary N) is 1. The second-order valence-corrected chi connectivity index (χ2v) is 8.55. The number of benzene rings is 1. The molecule has 7 nitrogen and oxygen atoms in total. The number of aromatic nitrogens is 4. The van der Waals surface area contributed by atoms with Crippen molar-refractivity contribution in [3.05, 3.63) is 75.4 Å². The van der Waals surface area contributed by atoms with Crippen molar-refractivity contribution >= 4 is 28.2 Å². The van der Waals surface area contributed by atoms with E-state index in [4.69, 9.17) is 21.3 Å². The first-order chi connectivity index (χ1) is 16.1. The second-order valence-electron chi connectivity index (χ2n) is 8.11. The zero-order valence-corrected chi connectivity index (χ0v) is 19.1. The molecular formula is C25H24ClN5O2. The van der Waals surface area contributed by atoms with Gasteiger partial charge in [-0.3, -0.25) is 19.3 Å². The minimum Gasteiger partial charge on any atom is -0.463 e. The maximum Gasteiger partial charge on any atom is 0.299 e. The lowest BCUT2D eigenvalue weighted by Crippen LogP contribution is -2.22. The lowest BCUT2D eigenvalue weighted by Gasteiger charge is -2.22. The molecule has 0 fully saturated rings. The highest BCUT2D eigenvalue weighted by atomic mass is 35.5. The van der Waals surface area contributed by atoms with Crippen LogP contribution < -0.4 is 15.6 Å². The Bertz CT molecular complexity index is 1370. The smallest absolute Gasteiger partial charge is 0.299 e. The number of fused-ring (bicyclic) bond motifs is 2. The van der Waals surface area contributed by atoms with Gasteiger partial charge in [-0.2, -0.15) is 4.98 Å². The number of aryl methyl sites for hydroxylation is 1. The summed E-state index contributed by atoms with van der Waals surface area (Å²) in [4.78, 5) is 25.8. The molecular weight excluding hydrogens is 438 g/mol. The van der Waals surface area contributed by atoms with Crippen molar-refractivity contribution in [3.63, 3.8) is 0 Å². The van der Waals surface area contributed by atoms with Gasteiger partial charge in [0.1, 0.15) is 6.61 Å². The maximum atomic E-state index is 12.4. The van der Waals surface area contributed by atoms with Crippen molar-refractivity contribution in [1.82, 2.24) is 19.5 Å². The molecule has 5 rings (SSSR count). The van der Waals surface area contributed by atoms with Gasteiger partial charge in [-0.1, -0.05) is 11.6 Å². The number of hydrogen-bond donors (Lipinski definition) is 1. The van der Waals surface area contributed by atoms with E-state index in [1.807, 2.05) is 30.3 Å². The van der Waals surface area contributed by atoms with Gasteiger partial charge in [0.25, 0.3) is 11.6 Å². The third-order valence-electron chi connectivity index (χ3n) is 5.93. The van der Waals surface area contributed by atoms with E-state index in [-0.39, 0.29) is 11.6 Å². The van der Waals surface area contributed by atoms with Crippen molar-refractivity contribution < 1.29 is 4.74 Å². The molecule has 0 radical (unpaired) electrons. The number of nitrogens with zero attached hydrogens (tertiary/aromatic N) is 4. The lowest BCUT2D eigenvalue weighted by molar-refractivity contribution is 0.290. The summed E-state index contributed by atoms with van der Waals surface area (Å²) < 4.78 is 7.32. The summed E-state index contributed by atoms with van der Waals surface area (Å²) >= 11 is 6.29. The molecule has 1 aliphatic rings. The van der Waals surface area contributed by atoms with Gasteiger partial charge in [0, 0.05) is 59.4 Å². The van der Waals surface area contributed by atoms with Crippen LogP contribution in [-0.2, 0) is 19.9 Å². The van der Waals surface area contributed by atoms with E-state index in [1.165, 1.54) is 16.2 Å². The molecule has 0 atom stereocenters. The normalized spacial score (nSPS) is 13.0. The molecule has 8 heteroatoms. The van der Waals surface area contributed by atoms with Gasteiger partial charge in [-0.25, -0.2) is 0 Å². The van der Waals surface area contributed by atoms with Gasteiger partial charge in [-0.15, -0.1) is 0 Å². The van der Waals surface area contributed by atoms with Gasteiger partial charge < -0.3 is 10.1 Å². The molecule has 33 heavy (non-hydrogen) atoms. The summed E-state index contributed by atoms with van der Waals surface area (Å²) in [5.74, 6) is 0. The fourth-order valence-corrected chi connectivity index (χ4v) is 4.41. The van der Waals surface area contributed by atoms with Crippen molar-refractivity contribution in [3.8, 4) is 17.3 Å². The summed E-state index contributed by atoms with van der Waals surface area (Å²) in [5.41, 5.74) is 5.65. The highest BCUT2D eigenvalue weighted by molar-refractivity contribution is 6.31. The van der Waals surface area contributed by atoms with Gasteiger partial charge in [-0.05, 0) is 61.6 Å². The molecule has 0 unspecified atom stereocenters. The average Bonchev–Trinajstić information content (AvgIpc) is 2.84. The van der Waals surface area contributed by atoms with Crippen molar-refractivity contribution in [2.45, 2.75) is 25.7 Å². The fourth-order valence-electron chi connectivity index (χ4n) is 4.23. The Morgan fingerprint density at radius 3 is 2.76 bits per heavy atom. The summed E-state index contributed by atoms with van der Waals surface area (Å²) in [6.07, 6.45) is 7.65. The first kappa shape index (κ1) is 21.4. The number of anilines is 1. The van der Waals surface area contributed by atoms with Crippen LogP contribution in [-0.4, -0.2) is 32.7 Å². The van der Waals surface area contributed by atoms with Crippen LogP contribution in [0.4, 0.5) is 5.69 Å². The van der Waals surface area contributed by atoms with Gasteiger partial charge in [0.2, 0.25) is 0 Å². The number of hydrogen-bond acceptors (Lipinski definition) is 6. The standard InChI is InChI=1S/C25H24ClN5O2/c1-31-23(32)15-22(16-8-10-27-11-9-16)30-25(31)33-13-12-28-24-18-4-2-3-5-20(18)29-21-7-6-17(26)14-19(21)24/h6-11,14-15H,2-5,12-13H2,1H3,(H,28,29). The monoisotopic (exact) mass is 461 g/mol. The molecule has 0 amide bonds. The Kier molecular flexibility index (Phi) is 5.96. The molecule has 0 saturated carbocycles. The van der Waals surface area contributed by atoms with E-state index in [1.54, 1.807) is 19.4 Å². The number of halogens is 1. The van der Waals surface area contributed by atoms with Crippen LogP contribution in [0.1, 0.15) is 24.1 Å². The first-order valence-electron chi connectivity index (χ1n) is 11.1. The Hall–Kier alpha value is -3.45. The van der Waals surface area contributed by atoms with E-state index in [0.29, 0.717) is 23.9 Å². The van der Waals surface area contributed by atoms with Crippen LogP contribution in [0.5, 0.6) is 6.01 Å². The Morgan fingerprint density at radius 2 is 1.91 bits per heavy atom. The van der Waals surface area contributed by atoms with Crippen LogP contribution in [0.3, 0.4) is 0 Å². The van der Waals surface area contributed by atoms with Crippen LogP contribution >= 0.6 is 11.6 Å². The summed E-state index contributed by atoms with van der Waals surface area (Å²) in [6.45, 7) is 0.895. The Balaban J connectivity index is 1.36. The zero-order chi connectivity index (χ0) is 22.8. The van der Waals surface area contributed by atoms with Crippen molar-refractivity contribution in [1.29, 1.82) is 0 Å². The number of ether oxygens (including phenoxy) is 1. The van der Waals surface area contributed by atoms with E-state index >= 15 is 0 Å². The molecule has 1 N–H and O–H groups in total. The molecule has 1 aromatic carbocycles. The Morgan fingerprint density at radius 1 is 1.09 bits per heavy atom. The largest absolute Gasteiger partial charge is 0.463 e. The van der Waals surface area contributed by atoms with Crippen molar-refractivity contribution in [2.75, 3.05) is 18.5 Å². The molecule has 168 valence electrons. The fraction of sp³-hybridized carbons (Fsp3) is 0.280. The predicted molar refractivity (Wildman–Crippen MR) is 130 cm³/mol. The minimum atomic E-state index is -0.177. The molecule has 1 aliphatic carbocycles. The lowest BCUT2D eigenvalue weighted by atomic mass is 9.92. The van der Waals surface area contributed by atoms with E-state index in [9.17, 15) is 4.79 Å². The van der Waals surface area contributed by atoms with Gasteiger partial charge >= 0.3 is 0 Å². The summed E-state index contributed by atoms with van der Waals surface area (Å²) in [7, 11) is 1.66. The molecule has 3 heterocycles. The molecule has 0 spiro atoms. The van der Waals surface area contributed by atoms with E-state index in [0.717, 1.165) is 53.5 Å². The molecule has 3 aromatic heterocycles. The molecule has 0 bridgehead atoms. The summed E-state index contributed by atoms with van der Waals surface area (Å²) in [5, 5.41) is 5.25. The molecule has 0 aliphatic heterocycles. The molecule has 0 saturated heterocycles. The second kappa shape index (κ2) is 9.19. The van der Waals surface area contributed by atoms with E-state index < -0.39 is 0 Å². The van der Waals surface area contributed by atoms with Gasteiger partial charge in [0.05, 0.1) is 11.2 Å². The predicted octanol–water partition coefficient (Wildman–Crippen LogP) is 4.41. The SMILES string of the molecule is Cn1c(OCCNc2c3c(nc4ccc(Cl)cc24)CCCC3)nc(-c2ccncc2)cc1=O. The number of pyridine rings is 2. The minimum absolute atomic E-state index is 0.177. The average molecular weight is 462 g/mol. The third-order valence-corrected chi connectivity index (χ3v) is 6.16. The van der Waals surface area contributed by atoms with Crippen LogP contribution in [0.2, 0.25) is 5.02 Å². The highest BCUT2D eigenvalue weighted by Crippen LogP contribution is 2.34. The topological polar surface area (TPSA) is 81.9 Å². The summed E-state index contributed by atoms with van der Waals surface area (Å²) in [6, 6.07) is 11.2. The van der Waals surface area contributed by atoms with Crippen LogP contribution in [0.15, 0.2) is 53.6 Å². The van der Waals surface area contributed by atoms with E-state index in [2.05, 4.69) is 15.3 Å². The van der Waals surface area contributed by atoms with Gasteiger partial charge in [0.15, 0.2) is 0 Å². The Labute approximate surface area is 196 Å². The third kappa shape index (κ3) is 4.41. The highest BCUT2D eigenvalue weighted by Gasteiger charge is 2.18. The van der Waals surface area contributed by atoms with Crippen molar-refractivity contribution in [2.24, 2.45) is 7.05 Å². The van der Waals surface area contributed by atoms with Crippen LogP contribution in [0, 0.1) is 0 Å². The zero-order valence-electron chi connectivity index (χ0n) is 18.3. The maximum absolute atomic E-state index is 12.4. The molecule has 4 aromatic rings. The quantitative estimate of drug-likeness (QED) is 0.428. The number of rotatable bonds is 6. The first-order valence-corrected chi connectivity index (χ1v) is 11.4. The van der Waals surface area contributed by atoms with Crippen LogP contribution in [0.25, 0.3) is 22.2 Å².